The number of aliphatic hydroxyl groups excluding tert-OH is 1. The molecule has 0 saturated carbocycles. The van der Waals surface area contributed by atoms with Crippen molar-refractivity contribution in [3.63, 3.8) is 0 Å². The van der Waals surface area contributed by atoms with Gasteiger partial charge in [-0.05, 0) is 49.8 Å². The van der Waals surface area contributed by atoms with E-state index in [1.807, 2.05) is 0 Å². The van der Waals surface area contributed by atoms with E-state index in [4.69, 9.17) is 14.2 Å². The minimum atomic E-state index is -0.707. The molecule has 2 N–H and O–H groups in total. The first kappa shape index (κ1) is 28.4. The van der Waals surface area contributed by atoms with Gasteiger partial charge in [0.2, 0.25) is 5.88 Å². The molecule has 0 amide bonds. The number of unbranched alkanes of at least 4 members (excludes halogenated alkanes) is 5. The predicted octanol–water partition coefficient (Wildman–Crippen LogP) is 5.37. The van der Waals surface area contributed by atoms with Crippen LogP contribution in [0.1, 0.15) is 93.4 Å². The summed E-state index contributed by atoms with van der Waals surface area (Å²) in [5.41, 5.74) is 3.42. The van der Waals surface area contributed by atoms with E-state index in [9.17, 15) is 5.11 Å². The highest BCUT2D eigenvalue weighted by Crippen LogP contribution is 2.29. The third-order valence-corrected chi connectivity index (χ3v) is 7.13. The lowest BCUT2D eigenvalue weighted by Crippen LogP contribution is -2.31. The van der Waals surface area contributed by atoms with E-state index < -0.39 is 6.10 Å². The van der Waals surface area contributed by atoms with E-state index in [1.165, 1.54) is 70.3 Å². The molecular formula is C29H45N3O4. The van der Waals surface area contributed by atoms with Gasteiger partial charge in [-0.25, -0.2) is 4.98 Å². The fraction of sp³-hybridized carbons (Fsp3) is 0.655. The number of ether oxygens (including phenoxy) is 3. The summed E-state index contributed by atoms with van der Waals surface area (Å²) in [5.74, 6) is 0.825. The zero-order chi connectivity index (χ0) is 25.6. The number of aryl methyl sites for hydroxylation is 1. The maximum absolute atomic E-state index is 10.6. The number of nitrogens with one attached hydrogen (secondary N) is 1. The molecule has 1 saturated heterocycles. The van der Waals surface area contributed by atoms with Crippen molar-refractivity contribution >= 4 is 0 Å². The summed E-state index contributed by atoms with van der Waals surface area (Å²) in [7, 11) is 3.02. The maximum atomic E-state index is 10.6. The van der Waals surface area contributed by atoms with Gasteiger partial charge < -0.3 is 24.6 Å². The fourth-order valence-corrected chi connectivity index (χ4v) is 4.98. The monoisotopic (exact) mass is 499 g/mol. The second kappa shape index (κ2) is 15.8. The molecule has 1 aromatic heterocycles. The van der Waals surface area contributed by atoms with Crippen molar-refractivity contribution in [1.29, 1.82) is 0 Å². The van der Waals surface area contributed by atoms with Crippen molar-refractivity contribution in [3.8, 4) is 11.9 Å². The van der Waals surface area contributed by atoms with Crippen molar-refractivity contribution in [2.75, 3.05) is 34.0 Å². The Morgan fingerprint density at radius 2 is 1.81 bits per heavy atom. The molecule has 3 atom stereocenters. The Hall–Kier alpha value is -2.22. The Labute approximate surface area is 217 Å². The Balaban J connectivity index is 1.37. The molecule has 36 heavy (non-hydrogen) atoms. The first-order valence-electron chi connectivity index (χ1n) is 13.7. The molecule has 3 rings (SSSR count). The molecule has 1 unspecified atom stereocenters. The summed E-state index contributed by atoms with van der Waals surface area (Å²) < 4.78 is 16.3. The predicted molar refractivity (Wildman–Crippen MR) is 143 cm³/mol. The van der Waals surface area contributed by atoms with Crippen LogP contribution in [0.15, 0.2) is 30.5 Å². The van der Waals surface area contributed by atoms with Crippen molar-refractivity contribution in [3.05, 3.63) is 47.2 Å². The average molecular weight is 500 g/mol. The summed E-state index contributed by atoms with van der Waals surface area (Å²) >= 11 is 0. The fourth-order valence-electron chi connectivity index (χ4n) is 4.98. The van der Waals surface area contributed by atoms with Gasteiger partial charge in [0.25, 0.3) is 0 Å². The lowest BCUT2D eigenvalue weighted by Gasteiger charge is -2.20. The van der Waals surface area contributed by atoms with Crippen LogP contribution in [0.3, 0.4) is 0 Å². The van der Waals surface area contributed by atoms with Gasteiger partial charge >= 0.3 is 6.01 Å². The highest BCUT2D eigenvalue weighted by atomic mass is 16.5. The van der Waals surface area contributed by atoms with Crippen molar-refractivity contribution in [2.45, 2.75) is 89.2 Å². The third-order valence-electron chi connectivity index (χ3n) is 7.13. The van der Waals surface area contributed by atoms with Gasteiger partial charge in [0, 0.05) is 24.8 Å². The van der Waals surface area contributed by atoms with E-state index in [2.05, 4.69) is 46.5 Å². The SMILES string of the molecule is CCCCCCCCc1ccc([C@H]2CCN[C@@H]2COCCCC(O)c2cnc(OC)nc2OC)cc1. The third kappa shape index (κ3) is 8.71. The van der Waals surface area contributed by atoms with E-state index in [-0.39, 0.29) is 6.01 Å². The first-order chi connectivity index (χ1) is 17.7. The molecule has 0 bridgehead atoms. The first-order valence-corrected chi connectivity index (χ1v) is 13.7. The number of hydrogen-bond donors (Lipinski definition) is 2. The lowest BCUT2D eigenvalue weighted by atomic mass is 9.91. The highest BCUT2D eigenvalue weighted by molar-refractivity contribution is 5.28. The van der Waals surface area contributed by atoms with Crippen LogP contribution in [0.25, 0.3) is 0 Å². The lowest BCUT2D eigenvalue weighted by molar-refractivity contribution is 0.0913. The Morgan fingerprint density at radius 3 is 2.56 bits per heavy atom. The van der Waals surface area contributed by atoms with Gasteiger partial charge in [0.1, 0.15) is 0 Å². The molecule has 0 aliphatic carbocycles. The zero-order valence-electron chi connectivity index (χ0n) is 22.4. The van der Waals surface area contributed by atoms with Crippen LogP contribution in [-0.2, 0) is 11.2 Å². The smallest absolute Gasteiger partial charge is 0.319 e. The molecular weight excluding hydrogens is 454 g/mol. The largest absolute Gasteiger partial charge is 0.481 e. The number of methoxy groups -OCH3 is 2. The van der Waals surface area contributed by atoms with Gasteiger partial charge in [0.05, 0.1) is 32.5 Å². The van der Waals surface area contributed by atoms with Gasteiger partial charge in [-0.1, -0.05) is 63.3 Å². The minimum Gasteiger partial charge on any atom is -0.481 e. The molecule has 200 valence electrons. The van der Waals surface area contributed by atoms with Crippen LogP contribution in [0.5, 0.6) is 11.9 Å². The molecule has 1 aliphatic heterocycles. The minimum absolute atomic E-state index is 0.220. The van der Waals surface area contributed by atoms with E-state index in [0.717, 1.165) is 19.4 Å². The Bertz CT molecular complexity index is 877. The average Bonchev–Trinajstić information content (AvgIpc) is 3.38. The van der Waals surface area contributed by atoms with E-state index in [0.29, 0.717) is 43.0 Å². The van der Waals surface area contributed by atoms with E-state index >= 15 is 0 Å². The molecule has 0 radical (unpaired) electrons. The maximum Gasteiger partial charge on any atom is 0.319 e. The topological polar surface area (TPSA) is 85.7 Å². The van der Waals surface area contributed by atoms with E-state index in [1.54, 1.807) is 6.20 Å². The van der Waals surface area contributed by atoms with Crippen LogP contribution < -0.4 is 14.8 Å². The van der Waals surface area contributed by atoms with Gasteiger partial charge in [-0.2, -0.15) is 4.98 Å². The van der Waals surface area contributed by atoms with Crippen LogP contribution >= 0.6 is 0 Å². The van der Waals surface area contributed by atoms with Crippen molar-refractivity contribution in [2.24, 2.45) is 0 Å². The van der Waals surface area contributed by atoms with Crippen molar-refractivity contribution in [1.82, 2.24) is 15.3 Å². The molecule has 0 spiro atoms. The molecule has 1 aliphatic rings. The second-order valence-electron chi connectivity index (χ2n) is 9.77. The molecule has 7 nitrogen and oxygen atoms in total. The van der Waals surface area contributed by atoms with Crippen LogP contribution in [0.2, 0.25) is 0 Å². The second-order valence-corrected chi connectivity index (χ2v) is 9.77. The number of benzene rings is 1. The standard InChI is InChI=1S/C29H45N3O4/c1-4-5-6-7-8-9-11-22-13-15-23(16-14-22)24-17-18-30-26(24)21-36-19-10-12-27(33)25-20-31-29(35-3)32-28(25)34-2/h13-16,20,24,26-27,30,33H,4-12,17-19,21H2,1-3H3/t24-,26-,27?/m1/s1. The number of nitrogens with zero attached hydrogens (tertiary/aromatic N) is 2. The van der Waals surface area contributed by atoms with Crippen molar-refractivity contribution < 1.29 is 19.3 Å². The summed E-state index contributed by atoms with van der Waals surface area (Å²) in [6.07, 6.45) is 12.5. The molecule has 1 aromatic carbocycles. The Morgan fingerprint density at radius 1 is 1.03 bits per heavy atom. The number of rotatable bonds is 17. The number of aliphatic hydroxyl groups is 1. The highest BCUT2D eigenvalue weighted by Gasteiger charge is 2.28. The molecule has 1 fully saturated rings. The normalized spacial score (nSPS) is 18.3. The van der Waals surface area contributed by atoms with Gasteiger partial charge in [-0.3, -0.25) is 0 Å². The van der Waals surface area contributed by atoms with Gasteiger partial charge in [-0.15, -0.1) is 0 Å². The van der Waals surface area contributed by atoms with Crippen LogP contribution in [0, 0.1) is 0 Å². The quantitative estimate of drug-likeness (QED) is 0.283. The summed E-state index contributed by atoms with van der Waals surface area (Å²) in [6, 6.07) is 9.81. The van der Waals surface area contributed by atoms with Crippen LogP contribution in [-0.4, -0.2) is 55.1 Å². The summed E-state index contributed by atoms with van der Waals surface area (Å²) in [4.78, 5) is 8.22. The van der Waals surface area contributed by atoms with Gasteiger partial charge in [0.15, 0.2) is 0 Å². The molecule has 2 heterocycles. The zero-order valence-corrected chi connectivity index (χ0v) is 22.4. The molecule has 7 heteroatoms. The Kier molecular flexibility index (Phi) is 12.4. The summed E-state index contributed by atoms with van der Waals surface area (Å²) in [6.45, 7) is 4.56. The number of aromatic nitrogens is 2. The number of hydrogen-bond acceptors (Lipinski definition) is 7. The molecule has 2 aromatic rings. The summed E-state index contributed by atoms with van der Waals surface area (Å²) in [5, 5.41) is 14.2. The van der Waals surface area contributed by atoms with Crippen LogP contribution in [0.4, 0.5) is 0 Å².